The number of nitrogens with two attached hydrogens (primary N) is 1. The van der Waals surface area contributed by atoms with Crippen molar-refractivity contribution in [2.24, 2.45) is 11.1 Å². The van der Waals surface area contributed by atoms with Crippen LogP contribution in [0.3, 0.4) is 0 Å². The topological polar surface area (TPSA) is 46.2 Å². The fourth-order valence-electron chi connectivity index (χ4n) is 1.89. The van der Waals surface area contributed by atoms with Gasteiger partial charge in [0.15, 0.2) is 0 Å². The Morgan fingerprint density at radius 1 is 1.16 bits per heavy atom. The molecule has 0 aliphatic heterocycles. The van der Waals surface area contributed by atoms with Crippen molar-refractivity contribution < 1.29 is 5.11 Å². The van der Waals surface area contributed by atoms with Gasteiger partial charge in [-0.2, -0.15) is 0 Å². The first-order valence-electron chi connectivity index (χ1n) is 6.88. The number of aliphatic hydroxyl groups excluding tert-OH is 1. The Labute approximate surface area is 121 Å². The van der Waals surface area contributed by atoms with Crippen LogP contribution in [0.2, 0.25) is 0 Å². The second-order valence-electron chi connectivity index (χ2n) is 6.45. The van der Waals surface area contributed by atoms with Gasteiger partial charge in [-0.25, -0.2) is 0 Å². The molecule has 0 aliphatic rings. The molecule has 1 aromatic carbocycles. The normalized spacial score (nSPS) is 15.6. The van der Waals surface area contributed by atoms with E-state index in [1.54, 1.807) is 11.8 Å². The summed E-state index contributed by atoms with van der Waals surface area (Å²) < 4.78 is 0. The molecule has 0 aromatic heterocycles. The van der Waals surface area contributed by atoms with Crippen molar-refractivity contribution in [3.05, 3.63) is 29.8 Å². The SMILES string of the molecule is CC(C)c1ccc(SC(CO)C(N)C(C)(C)C)cc1. The average molecular weight is 281 g/mol. The zero-order valence-electron chi connectivity index (χ0n) is 12.7. The largest absolute Gasteiger partial charge is 0.395 e. The molecule has 0 saturated carbocycles. The molecule has 1 rings (SSSR count). The lowest BCUT2D eigenvalue weighted by Gasteiger charge is -2.32. The van der Waals surface area contributed by atoms with Gasteiger partial charge >= 0.3 is 0 Å². The van der Waals surface area contributed by atoms with Crippen LogP contribution in [-0.2, 0) is 0 Å². The predicted molar refractivity (Wildman–Crippen MR) is 84.7 cm³/mol. The first kappa shape index (κ1) is 16.5. The van der Waals surface area contributed by atoms with Gasteiger partial charge in [0.2, 0.25) is 0 Å². The highest BCUT2D eigenvalue weighted by Gasteiger charge is 2.29. The number of benzene rings is 1. The molecule has 2 unspecified atom stereocenters. The van der Waals surface area contributed by atoms with Crippen molar-refractivity contribution in [1.29, 1.82) is 0 Å². The molecule has 0 amide bonds. The molecule has 0 spiro atoms. The Morgan fingerprint density at radius 3 is 2.05 bits per heavy atom. The Morgan fingerprint density at radius 2 is 1.68 bits per heavy atom. The molecule has 0 bridgehead atoms. The average Bonchev–Trinajstić information content (AvgIpc) is 2.34. The maximum Gasteiger partial charge on any atom is 0.0568 e. The van der Waals surface area contributed by atoms with Gasteiger partial charge in [0, 0.05) is 16.2 Å². The van der Waals surface area contributed by atoms with Crippen molar-refractivity contribution >= 4 is 11.8 Å². The molecule has 0 aliphatic carbocycles. The number of hydrogen-bond acceptors (Lipinski definition) is 3. The Balaban J connectivity index is 2.76. The van der Waals surface area contributed by atoms with E-state index in [2.05, 4.69) is 58.9 Å². The van der Waals surface area contributed by atoms with Crippen molar-refractivity contribution in [2.75, 3.05) is 6.61 Å². The van der Waals surface area contributed by atoms with E-state index in [0.29, 0.717) is 5.92 Å². The lowest BCUT2D eigenvalue weighted by atomic mass is 9.85. The van der Waals surface area contributed by atoms with Gasteiger partial charge in [-0.15, -0.1) is 11.8 Å². The zero-order chi connectivity index (χ0) is 14.6. The summed E-state index contributed by atoms with van der Waals surface area (Å²) in [5.41, 5.74) is 7.59. The summed E-state index contributed by atoms with van der Waals surface area (Å²) in [6.45, 7) is 10.8. The minimum absolute atomic E-state index is 0.00172. The summed E-state index contributed by atoms with van der Waals surface area (Å²) in [6, 6.07) is 8.52. The monoisotopic (exact) mass is 281 g/mol. The van der Waals surface area contributed by atoms with Crippen LogP contribution in [0.15, 0.2) is 29.2 Å². The van der Waals surface area contributed by atoms with Gasteiger partial charge in [0.1, 0.15) is 0 Å². The smallest absolute Gasteiger partial charge is 0.0568 e. The number of rotatable bonds is 5. The molecule has 3 N–H and O–H groups in total. The molecule has 0 radical (unpaired) electrons. The van der Waals surface area contributed by atoms with Gasteiger partial charge in [0.05, 0.1) is 6.61 Å². The van der Waals surface area contributed by atoms with E-state index in [9.17, 15) is 5.11 Å². The first-order valence-corrected chi connectivity index (χ1v) is 7.76. The highest BCUT2D eigenvalue weighted by atomic mass is 32.2. The lowest BCUT2D eigenvalue weighted by Crippen LogP contribution is -2.45. The van der Waals surface area contributed by atoms with Crippen LogP contribution >= 0.6 is 11.8 Å². The summed E-state index contributed by atoms with van der Waals surface area (Å²) in [7, 11) is 0. The summed E-state index contributed by atoms with van der Waals surface area (Å²) in [6.07, 6.45) is 0. The number of hydrogen-bond donors (Lipinski definition) is 2. The van der Waals surface area contributed by atoms with E-state index in [1.807, 2.05) is 0 Å². The Bertz CT molecular complexity index is 381. The van der Waals surface area contributed by atoms with Crippen molar-refractivity contribution in [3.8, 4) is 0 Å². The molecule has 2 atom stereocenters. The molecular formula is C16H27NOS. The second kappa shape index (κ2) is 6.78. The molecule has 1 aromatic rings. The summed E-state index contributed by atoms with van der Waals surface area (Å²) >= 11 is 1.67. The lowest BCUT2D eigenvalue weighted by molar-refractivity contribution is 0.233. The van der Waals surface area contributed by atoms with Gasteiger partial charge in [0.25, 0.3) is 0 Å². The van der Waals surface area contributed by atoms with Crippen LogP contribution in [-0.4, -0.2) is 23.0 Å². The van der Waals surface area contributed by atoms with Crippen LogP contribution in [0, 0.1) is 5.41 Å². The molecular weight excluding hydrogens is 254 g/mol. The van der Waals surface area contributed by atoms with Crippen LogP contribution in [0.1, 0.15) is 46.1 Å². The molecule has 0 saturated heterocycles. The standard InChI is InChI=1S/C16H27NOS/c1-11(2)12-6-8-13(9-7-12)19-14(10-18)15(17)16(3,4)5/h6-9,11,14-15,18H,10,17H2,1-5H3. The number of thioether (sulfide) groups is 1. The van der Waals surface area contributed by atoms with Gasteiger partial charge < -0.3 is 10.8 Å². The van der Waals surface area contributed by atoms with Crippen molar-refractivity contribution in [3.63, 3.8) is 0 Å². The minimum atomic E-state index is -0.0349. The highest BCUT2D eigenvalue weighted by Crippen LogP contribution is 2.32. The van der Waals surface area contributed by atoms with E-state index in [4.69, 9.17) is 5.73 Å². The fraction of sp³-hybridized carbons (Fsp3) is 0.625. The van der Waals surface area contributed by atoms with E-state index in [-0.39, 0.29) is 23.3 Å². The van der Waals surface area contributed by atoms with E-state index in [1.165, 1.54) is 10.5 Å². The van der Waals surface area contributed by atoms with Gasteiger partial charge in [-0.3, -0.25) is 0 Å². The van der Waals surface area contributed by atoms with Crippen molar-refractivity contribution in [2.45, 2.75) is 56.7 Å². The molecule has 3 heteroatoms. The maximum atomic E-state index is 9.56. The first-order chi connectivity index (χ1) is 8.75. The molecule has 0 fully saturated rings. The molecule has 108 valence electrons. The third-order valence-electron chi connectivity index (χ3n) is 3.41. The Hall–Kier alpha value is -0.510. The quantitative estimate of drug-likeness (QED) is 0.810. The Kier molecular flexibility index (Phi) is 5.90. The van der Waals surface area contributed by atoms with Gasteiger partial charge in [-0.05, 0) is 29.0 Å². The molecule has 0 heterocycles. The van der Waals surface area contributed by atoms with E-state index < -0.39 is 0 Å². The molecule has 19 heavy (non-hydrogen) atoms. The predicted octanol–water partition coefficient (Wildman–Crippen LogP) is 3.64. The highest BCUT2D eigenvalue weighted by molar-refractivity contribution is 8.00. The summed E-state index contributed by atoms with van der Waals surface area (Å²) in [4.78, 5) is 1.17. The van der Waals surface area contributed by atoms with Crippen LogP contribution < -0.4 is 5.73 Å². The van der Waals surface area contributed by atoms with Gasteiger partial charge in [-0.1, -0.05) is 46.8 Å². The minimum Gasteiger partial charge on any atom is -0.395 e. The maximum absolute atomic E-state index is 9.56. The third kappa shape index (κ3) is 4.83. The second-order valence-corrected chi connectivity index (χ2v) is 7.77. The molecule has 2 nitrogen and oxygen atoms in total. The van der Waals surface area contributed by atoms with Crippen LogP contribution in [0.5, 0.6) is 0 Å². The van der Waals surface area contributed by atoms with Crippen LogP contribution in [0.25, 0.3) is 0 Å². The van der Waals surface area contributed by atoms with Crippen LogP contribution in [0.4, 0.5) is 0 Å². The summed E-state index contributed by atoms with van der Waals surface area (Å²) in [5.74, 6) is 0.546. The van der Waals surface area contributed by atoms with E-state index >= 15 is 0 Å². The fourth-order valence-corrected chi connectivity index (χ4v) is 3.16. The zero-order valence-corrected chi connectivity index (χ0v) is 13.5. The number of aliphatic hydroxyl groups is 1. The van der Waals surface area contributed by atoms with E-state index in [0.717, 1.165) is 0 Å². The third-order valence-corrected chi connectivity index (χ3v) is 4.70. The summed E-state index contributed by atoms with van der Waals surface area (Å²) in [5, 5.41) is 9.60. The van der Waals surface area contributed by atoms with Crippen molar-refractivity contribution in [1.82, 2.24) is 0 Å².